The minimum atomic E-state index is 0.393. The standard InChI is InChI=1S/C12H19ClO/c1-8(2)12-5-4-11(14)7-10(12)6-9(3)13/h8,10,12H,3-7H2,1-2H3. The third-order valence-corrected chi connectivity index (χ3v) is 3.35. The molecule has 80 valence electrons. The second kappa shape index (κ2) is 4.97. The van der Waals surface area contributed by atoms with Crippen LogP contribution in [0.1, 0.15) is 39.5 Å². The van der Waals surface area contributed by atoms with Gasteiger partial charge in [0.2, 0.25) is 0 Å². The Morgan fingerprint density at radius 2 is 2.29 bits per heavy atom. The first kappa shape index (κ1) is 11.8. The first-order valence-electron chi connectivity index (χ1n) is 5.35. The normalized spacial score (nSPS) is 28.1. The Morgan fingerprint density at radius 3 is 2.79 bits per heavy atom. The highest BCUT2D eigenvalue weighted by Gasteiger charge is 2.31. The lowest BCUT2D eigenvalue weighted by Crippen LogP contribution is -2.28. The van der Waals surface area contributed by atoms with Crippen molar-refractivity contribution in [3.05, 3.63) is 11.6 Å². The zero-order valence-corrected chi connectivity index (χ0v) is 9.81. The Morgan fingerprint density at radius 1 is 1.64 bits per heavy atom. The number of halogens is 1. The number of carbonyl (C=O) groups excluding carboxylic acids is 1. The quantitative estimate of drug-likeness (QED) is 0.699. The van der Waals surface area contributed by atoms with Gasteiger partial charge in [0.1, 0.15) is 5.78 Å². The Balaban J connectivity index is 2.63. The molecule has 0 bridgehead atoms. The van der Waals surface area contributed by atoms with Gasteiger partial charge in [0, 0.05) is 17.9 Å². The molecule has 0 saturated heterocycles. The van der Waals surface area contributed by atoms with E-state index in [0.29, 0.717) is 35.0 Å². The van der Waals surface area contributed by atoms with Gasteiger partial charge in [0.15, 0.2) is 0 Å². The molecule has 0 aromatic rings. The van der Waals surface area contributed by atoms with Crippen LogP contribution in [-0.4, -0.2) is 5.78 Å². The van der Waals surface area contributed by atoms with Crippen LogP contribution in [0, 0.1) is 17.8 Å². The van der Waals surface area contributed by atoms with E-state index in [2.05, 4.69) is 20.4 Å². The molecule has 0 heterocycles. The van der Waals surface area contributed by atoms with Gasteiger partial charge in [-0.15, -0.1) is 0 Å². The number of hydrogen-bond donors (Lipinski definition) is 0. The van der Waals surface area contributed by atoms with Crippen LogP contribution in [-0.2, 0) is 4.79 Å². The van der Waals surface area contributed by atoms with Crippen molar-refractivity contribution >= 4 is 17.4 Å². The molecule has 2 unspecified atom stereocenters. The van der Waals surface area contributed by atoms with Gasteiger partial charge in [0.05, 0.1) is 0 Å². The van der Waals surface area contributed by atoms with Gasteiger partial charge in [0.25, 0.3) is 0 Å². The van der Waals surface area contributed by atoms with Gasteiger partial charge in [-0.25, -0.2) is 0 Å². The summed E-state index contributed by atoms with van der Waals surface area (Å²) in [4.78, 5) is 11.4. The lowest BCUT2D eigenvalue weighted by Gasteiger charge is -2.33. The van der Waals surface area contributed by atoms with Gasteiger partial charge in [-0.3, -0.25) is 4.79 Å². The van der Waals surface area contributed by atoms with Gasteiger partial charge in [-0.2, -0.15) is 0 Å². The second-order valence-corrected chi connectivity index (χ2v) is 5.21. The van der Waals surface area contributed by atoms with Crippen LogP contribution < -0.4 is 0 Å². The molecule has 1 saturated carbocycles. The molecule has 0 radical (unpaired) electrons. The average molecular weight is 215 g/mol. The summed E-state index contributed by atoms with van der Waals surface area (Å²) in [5.41, 5.74) is 0. The Bertz CT molecular complexity index is 230. The smallest absolute Gasteiger partial charge is 0.133 e. The molecule has 0 aliphatic heterocycles. The fourth-order valence-corrected chi connectivity index (χ4v) is 2.69. The van der Waals surface area contributed by atoms with Crippen LogP contribution in [0.15, 0.2) is 11.6 Å². The zero-order chi connectivity index (χ0) is 10.7. The number of ketones is 1. The highest BCUT2D eigenvalue weighted by molar-refractivity contribution is 6.29. The van der Waals surface area contributed by atoms with E-state index in [9.17, 15) is 4.79 Å². The van der Waals surface area contributed by atoms with E-state index in [1.807, 2.05) is 0 Å². The summed E-state index contributed by atoms with van der Waals surface area (Å²) >= 11 is 5.82. The van der Waals surface area contributed by atoms with E-state index < -0.39 is 0 Å². The lowest BCUT2D eigenvalue weighted by molar-refractivity contribution is -0.123. The Hall–Kier alpha value is -0.300. The monoisotopic (exact) mass is 214 g/mol. The molecular weight excluding hydrogens is 196 g/mol. The zero-order valence-electron chi connectivity index (χ0n) is 9.05. The highest BCUT2D eigenvalue weighted by Crippen LogP contribution is 2.37. The largest absolute Gasteiger partial charge is 0.300 e. The molecule has 0 amide bonds. The summed E-state index contributed by atoms with van der Waals surface area (Å²) in [6, 6.07) is 0. The van der Waals surface area contributed by atoms with Crippen LogP contribution in [0.25, 0.3) is 0 Å². The van der Waals surface area contributed by atoms with E-state index in [4.69, 9.17) is 11.6 Å². The topological polar surface area (TPSA) is 17.1 Å². The third-order valence-electron chi connectivity index (χ3n) is 3.19. The molecule has 2 heteroatoms. The van der Waals surface area contributed by atoms with Gasteiger partial charge >= 0.3 is 0 Å². The number of carbonyl (C=O) groups is 1. The maximum atomic E-state index is 11.4. The molecule has 14 heavy (non-hydrogen) atoms. The minimum Gasteiger partial charge on any atom is -0.300 e. The van der Waals surface area contributed by atoms with Gasteiger partial charge in [-0.1, -0.05) is 32.0 Å². The molecule has 1 nitrogen and oxygen atoms in total. The highest BCUT2D eigenvalue weighted by atomic mass is 35.5. The first-order valence-corrected chi connectivity index (χ1v) is 5.73. The average Bonchev–Trinajstić information content (AvgIpc) is 2.01. The molecule has 0 spiro atoms. The van der Waals surface area contributed by atoms with E-state index in [-0.39, 0.29) is 0 Å². The van der Waals surface area contributed by atoms with Crippen LogP contribution in [0.3, 0.4) is 0 Å². The Kier molecular flexibility index (Phi) is 4.18. The summed E-state index contributed by atoms with van der Waals surface area (Å²) in [6.07, 6.45) is 3.30. The number of allylic oxidation sites excluding steroid dienone is 1. The predicted molar refractivity (Wildman–Crippen MR) is 60.3 cm³/mol. The minimum absolute atomic E-state index is 0.393. The summed E-state index contributed by atoms with van der Waals surface area (Å²) in [6.45, 7) is 8.18. The first-order chi connectivity index (χ1) is 6.50. The molecule has 1 aliphatic carbocycles. The molecule has 0 aromatic heterocycles. The number of Topliss-reactive ketones (excluding diaryl/α,β-unsaturated/α-hetero) is 1. The fourth-order valence-electron chi connectivity index (χ4n) is 2.49. The van der Waals surface area contributed by atoms with Crippen molar-refractivity contribution in [2.24, 2.45) is 17.8 Å². The molecular formula is C12H19ClO. The van der Waals surface area contributed by atoms with Gasteiger partial charge < -0.3 is 0 Å². The number of hydrogen-bond acceptors (Lipinski definition) is 1. The van der Waals surface area contributed by atoms with Crippen LogP contribution in [0.4, 0.5) is 0 Å². The van der Waals surface area contributed by atoms with Crippen molar-refractivity contribution in [1.82, 2.24) is 0 Å². The van der Waals surface area contributed by atoms with E-state index >= 15 is 0 Å². The molecule has 0 aromatic carbocycles. The summed E-state index contributed by atoms with van der Waals surface area (Å²) in [7, 11) is 0. The Labute approximate surface area is 91.5 Å². The third kappa shape index (κ3) is 3.13. The summed E-state index contributed by atoms with van der Waals surface area (Å²) in [5, 5.41) is 0.690. The van der Waals surface area contributed by atoms with Crippen LogP contribution in [0.2, 0.25) is 0 Å². The van der Waals surface area contributed by atoms with Crippen molar-refractivity contribution in [3.63, 3.8) is 0 Å². The van der Waals surface area contributed by atoms with Crippen molar-refractivity contribution in [2.75, 3.05) is 0 Å². The van der Waals surface area contributed by atoms with E-state index in [1.165, 1.54) is 0 Å². The SMILES string of the molecule is C=C(Cl)CC1CC(=O)CCC1C(C)C. The van der Waals surface area contributed by atoms with Gasteiger partial charge in [-0.05, 0) is 30.6 Å². The van der Waals surface area contributed by atoms with Crippen molar-refractivity contribution in [2.45, 2.75) is 39.5 Å². The van der Waals surface area contributed by atoms with E-state index in [1.54, 1.807) is 0 Å². The van der Waals surface area contributed by atoms with E-state index in [0.717, 1.165) is 19.3 Å². The summed E-state index contributed by atoms with van der Waals surface area (Å²) < 4.78 is 0. The van der Waals surface area contributed by atoms with Crippen molar-refractivity contribution in [3.8, 4) is 0 Å². The molecule has 1 rings (SSSR count). The van der Waals surface area contributed by atoms with Crippen LogP contribution in [0.5, 0.6) is 0 Å². The maximum Gasteiger partial charge on any atom is 0.133 e. The number of rotatable bonds is 3. The lowest BCUT2D eigenvalue weighted by atomic mass is 9.72. The molecule has 1 fully saturated rings. The second-order valence-electron chi connectivity index (χ2n) is 4.67. The summed E-state index contributed by atoms with van der Waals surface area (Å²) in [5.74, 6) is 2.11. The molecule has 0 N–H and O–H groups in total. The van der Waals surface area contributed by atoms with Crippen molar-refractivity contribution in [1.29, 1.82) is 0 Å². The predicted octanol–water partition coefficient (Wildman–Crippen LogP) is 3.77. The molecule has 1 aliphatic rings. The maximum absolute atomic E-state index is 11.4. The fraction of sp³-hybridized carbons (Fsp3) is 0.750. The van der Waals surface area contributed by atoms with Crippen molar-refractivity contribution < 1.29 is 4.79 Å². The van der Waals surface area contributed by atoms with Crippen LogP contribution >= 0.6 is 11.6 Å². The molecule has 2 atom stereocenters.